The number of benzene rings is 1. The molecule has 0 radical (unpaired) electrons. The van der Waals surface area contributed by atoms with E-state index in [1.54, 1.807) is 0 Å². The van der Waals surface area contributed by atoms with Crippen LogP contribution in [0.5, 0.6) is 0 Å². The molecule has 0 saturated heterocycles. The lowest BCUT2D eigenvalue weighted by Crippen LogP contribution is -2.19. The smallest absolute Gasteiger partial charge is 0.416 e. The van der Waals surface area contributed by atoms with Crippen molar-refractivity contribution in [3.63, 3.8) is 0 Å². The molecule has 0 amide bonds. The summed E-state index contributed by atoms with van der Waals surface area (Å²) in [6, 6.07) is 3.36. The molecule has 1 N–H and O–H groups in total. The third-order valence-corrected chi connectivity index (χ3v) is 3.66. The van der Waals surface area contributed by atoms with Crippen molar-refractivity contribution in [1.82, 2.24) is 0 Å². The molecule has 1 unspecified atom stereocenters. The Kier molecular flexibility index (Phi) is 4.77. The van der Waals surface area contributed by atoms with Gasteiger partial charge in [0.2, 0.25) is 0 Å². The summed E-state index contributed by atoms with van der Waals surface area (Å²) in [5.41, 5.74) is 0.0143. The van der Waals surface area contributed by atoms with Gasteiger partial charge in [0.05, 0.1) is 12.0 Å². The predicted molar refractivity (Wildman–Crippen MR) is 74.6 cm³/mol. The Bertz CT molecular complexity index is 649. The second kappa shape index (κ2) is 6.44. The van der Waals surface area contributed by atoms with Gasteiger partial charge in [-0.15, -0.1) is 0 Å². The van der Waals surface area contributed by atoms with Crippen molar-refractivity contribution in [3.8, 4) is 0 Å². The Hall–Kier alpha value is -2.31. The summed E-state index contributed by atoms with van der Waals surface area (Å²) in [7, 11) is 0. The molecular formula is C16H15F3O4. The number of carboxylic acids is 1. The monoisotopic (exact) mass is 328 g/mol. The van der Waals surface area contributed by atoms with Gasteiger partial charge in [0.25, 0.3) is 0 Å². The van der Waals surface area contributed by atoms with E-state index in [4.69, 9.17) is 9.84 Å². The average Bonchev–Trinajstić information content (AvgIpc) is 2.45. The summed E-state index contributed by atoms with van der Waals surface area (Å²) in [5, 5.41) is 8.69. The van der Waals surface area contributed by atoms with Crippen molar-refractivity contribution in [3.05, 3.63) is 47.0 Å². The molecule has 4 nitrogen and oxygen atoms in total. The summed E-state index contributed by atoms with van der Waals surface area (Å²) in [5.74, 6) is -2.05. The van der Waals surface area contributed by atoms with Crippen molar-refractivity contribution in [2.75, 3.05) is 0 Å². The molecule has 0 heterocycles. The van der Waals surface area contributed by atoms with Gasteiger partial charge in [-0.3, -0.25) is 4.79 Å². The first-order valence-electron chi connectivity index (χ1n) is 6.99. The van der Waals surface area contributed by atoms with Gasteiger partial charge >= 0.3 is 18.1 Å². The molecule has 0 spiro atoms. The number of aliphatic carboxylic acids is 1. The SMILES string of the molecule is C=C(CC(=O)OC1CCCc2cc(C(F)(F)F)ccc21)C(=O)O. The lowest BCUT2D eigenvalue weighted by atomic mass is 9.88. The summed E-state index contributed by atoms with van der Waals surface area (Å²) in [6.45, 7) is 3.24. The number of alkyl halides is 3. The molecule has 1 atom stereocenters. The first-order chi connectivity index (χ1) is 10.7. The van der Waals surface area contributed by atoms with Crippen LogP contribution in [0, 0.1) is 0 Å². The number of hydrogen-bond acceptors (Lipinski definition) is 3. The number of fused-ring (bicyclic) bond motifs is 1. The third-order valence-electron chi connectivity index (χ3n) is 3.66. The Labute approximate surface area is 130 Å². The van der Waals surface area contributed by atoms with Crippen LogP contribution >= 0.6 is 0 Å². The Morgan fingerprint density at radius 2 is 2.04 bits per heavy atom. The first kappa shape index (κ1) is 17.1. The van der Waals surface area contributed by atoms with E-state index in [2.05, 4.69) is 6.58 Å². The van der Waals surface area contributed by atoms with Gasteiger partial charge in [0.1, 0.15) is 6.10 Å². The number of carboxylic acid groups (broad SMARTS) is 1. The van der Waals surface area contributed by atoms with Gasteiger partial charge in [0, 0.05) is 5.57 Å². The van der Waals surface area contributed by atoms with Crippen LogP contribution in [0.3, 0.4) is 0 Å². The number of ether oxygens (including phenoxy) is 1. The number of carbonyl (C=O) groups is 2. The third kappa shape index (κ3) is 4.12. The van der Waals surface area contributed by atoms with Crippen LogP contribution in [0.25, 0.3) is 0 Å². The molecule has 0 aromatic heterocycles. The molecule has 0 bridgehead atoms. The fourth-order valence-electron chi connectivity index (χ4n) is 2.52. The van der Waals surface area contributed by atoms with Crippen molar-refractivity contribution >= 4 is 11.9 Å². The minimum atomic E-state index is -4.42. The quantitative estimate of drug-likeness (QED) is 0.677. The first-order valence-corrected chi connectivity index (χ1v) is 6.99. The maximum Gasteiger partial charge on any atom is 0.416 e. The summed E-state index contributed by atoms with van der Waals surface area (Å²) in [6.07, 6.45) is -3.97. The summed E-state index contributed by atoms with van der Waals surface area (Å²) in [4.78, 5) is 22.4. The number of carbonyl (C=O) groups excluding carboxylic acids is 1. The Balaban J connectivity index is 2.14. The van der Waals surface area contributed by atoms with Gasteiger partial charge in [-0.25, -0.2) is 4.79 Å². The molecule has 1 aliphatic carbocycles. The standard InChI is InChI=1S/C16H15F3O4/c1-9(15(21)22)7-14(20)23-13-4-2-3-10-8-11(16(17,18)19)5-6-12(10)13/h5-6,8,13H,1-4,7H2,(H,21,22). The van der Waals surface area contributed by atoms with Crippen LogP contribution in [0.2, 0.25) is 0 Å². The minimum absolute atomic E-state index is 0.293. The number of aryl methyl sites for hydroxylation is 1. The highest BCUT2D eigenvalue weighted by Gasteiger charge is 2.33. The van der Waals surface area contributed by atoms with E-state index in [1.807, 2.05) is 0 Å². The molecule has 1 aliphatic rings. The molecule has 0 saturated carbocycles. The van der Waals surface area contributed by atoms with Crippen molar-refractivity contribution in [2.45, 2.75) is 38.0 Å². The van der Waals surface area contributed by atoms with Gasteiger partial charge in [-0.05, 0) is 42.5 Å². The minimum Gasteiger partial charge on any atom is -0.478 e. The fourth-order valence-corrected chi connectivity index (χ4v) is 2.52. The molecule has 0 fully saturated rings. The zero-order valence-corrected chi connectivity index (χ0v) is 12.2. The number of esters is 1. The zero-order chi connectivity index (χ0) is 17.2. The number of halogens is 3. The second-order valence-electron chi connectivity index (χ2n) is 5.37. The molecule has 124 valence electrons. The van der Waals surface area contributed by atoms with Gasteiger partial charge in [0.15, 0.2) is 0 Å². The van der Waals surface area contributed by atoms with E-state index < -0.39 is 36.2 Å². The maximum atomic E-state index is 12.7. The molecule has 2 rings (SSSR count). The molecular weight excluding hydrogens is 313 g/mol. The Morgan fingerprint density at radius 3 is 2.65 bits per heavy atom. The van der Waals surface area contributed by atoms with Gasteiger partial charge < -0.3 is 9.84 Å². The lowest BCUT2D eigenvalue weighted by Gasteiger charge is -2.26. The van der Waals surface area contributed by atoms with Crippen molar-refractivity contribution in [1.29, 1.82) is 0 Å². The summed E-state index contributed by atoms with van der Waals surface area (Å²) < 4.78 is 43.4. The van der Waals surface area contributed by atoms with E-state index >= 15 is 0 Å². The second-order valence-corrected chi connectivity index (χ2v) is 5.37. The van der Waals surface area contributed by atoms with E-state index in [9.17, 15) is 22.8 Å². The highest BCUT2D eigenvalue weighted by atomic mass is 19.4. The van der Waals surface area contributed by atoms with E-state index in [1.165, 1.54) is 6.07 Å². The molecule has 0 aliphatic heterocycles. The fraction of sp³-hybridized carbons (Fsp3) is 0.375. The van der Waals surface area contributed by atoms with Crippen LogP contribution in [-0.4, -0.2) is 17.0 Å². The van der Waals surface area contributed by atoms with E-state index in [-0.39, 0.29) is 5.57 Å². The topological polar surface area (TPSA) is 63.6 Å². The van der Waals surface area contributed by atoms with Crippen LogP contribution in [-0.2, 0) is 26.9 Å². The number of rotatable bonds is 4. The van der Waals surface area contributed by atoms with Gasteiger partial charge in [-0.1, -0.05) is 12.6 Å². The Morgan fingerprint density at radius 1 is 1.35 bits per heavy atom. The van der Waals surface area contributed by atoms with E-state index in [0.717, 1.165) is 12.1 Å². The van der Waals surface area contributed by atoms with Gasteiger partial charge in [-0.2, -0.15) is 13.2 Å². The largest absolute Gasteiger partial charge is 0.478 e. The molecule has 23 heavy (non-hydrogen) atoms. The normalized spacial score (nSPS) is 17.3. The van der Waals surface area contributed by atoms with Crippen LogP contribution in [0.15, 0.2) is 30.4 Å². The summed E-state index contributed by atoms with van der Waals surface area (Å²) >= 11 is 0. The van der Waals surface area contributed by atoms with E-state index in [0.29, 0.717) is 30.4 Å². The predicted octanol–water partition coefficient (Wildman–Crippen LogP) is 3.66. The lowest BCUT2D eigenvalue weighted by molar-refractivity contribution is -0.150. The highest BCUT2D eigenvalue weighted by Crippen LogP contribution is 2.37. The average molecular weight is 328 g/mol. The van der Waals surface area contributed by atoms with Crippen molar-refractivity contribution < 1.29 is 32.6 Å². The van der Waals surface area contributed by atoms with Crippen LogP contribution in [0.4, 0.5) is 13.2 Å². The van der Waals surface area contributed by atoms with Crippen LogP contribution < -0.4 is 0 Å². The highest BCUT2D eigenvalue weighted by molar-refractivity contribution is 5.91. The molecule has 7 heteroatoms. The van der Waals surface area contributed by atoms with Crippen LogP contribution in [0.1, 0.15) is 42.1 Å². The molecule has 1 aromatic rings. The molecule has 1 aromatic carbocycles. The number of hydrogen-bond donors (Lipinski definition) is 1. The zero-order valence-electron chi connectivity index (χ0n) is 12.2. The van der Waals surface area contributed by atoms with Crippen molar-refractivity contribution in [2.24, 2.45) is 0 Å². The maximum absolute atomic E-state index is 12.7.